The monoisotopic (exact) mass is 323 g/mol. The lowest BCUT2D eigenvalue weighted by molar-refractivity contribution is -0.262. The van der Waals surface area contributed by atoms with E-state index in [0.29, 0.717) is 0 Å². The minimum Gasteiger partial charge on any atom is -0.464 e. The van der Waals surface area contributed by atoms with Crippen molar-refractivity contribution in [3.63, 3.8) is 0 Å². The van der Waals surface area contributed by atoms with E-state index in [1.807, 2.05) is 5.32 Å². The molecule has 0 heterocycles. The van der Waals surface area contributed by atoms with Gasteiger partial charge < -0.3 is 15.2 Å². The number of alkyl halides is 3. The number of halogens is 4. The van der Waals surface area contributed by atoms with E-state index in [9.17, 15) is 32.3 Å². The molecule has 0 spiro atoms. The Kier molecular flexibility index (Phi) is 5.48. The molecule has 5 nitrogen and oxygen atoms in total. The summed E-state index contributed by atoms with van der Waals surface area (Å²) in [5, 5.41) is 11.4. The number of hydrogen-bond donors (Lipinski definition) is 2. The third kappa shape index (κ3) is 3.94. The van der Waals surface area contributed by atoms with Crippen molar-refractivity contribution < 1.29 is 37.0 Å². The van der Waals surface area contributed by atoms with Crippen molar-refractivity contribution in [3.8, 4) is 0 Å². The molecule has 9 heteroatoms. The Hall–Kier alpha value is -2.16. The molecule has 0 aliphatic carbocycles. The van der Waals surface area contributed by atoms with Crippen LogP contribution >= 0.6 is 0 Å². The largest absolute Gasteiger partial charge is 0.464 e. The molecular formula is C13H13F4NO4. The van der Waals surface area contributed by atoms with Gasteiger partial charge in [0.2, 0.25) is 5.91 Å². The molecule has 1 rings (SSSR count). The van der Waals surface area contributed by atoms with Crippen LogP contribution in [0.1, 0.15) is 13.3 Å². The first-order chi connectivity index (χ1) is 10.1. The fraction of sp³-hybridized carbons (Fsp3) is 0.385. The summed E-state index contributed by atoms with van der Waals surface area (Å²) in [6, 6.07) is 4.76. The summed E-state index contributed by atoms with van der Waals surface area (Å²) in [7, 11) is 0. The molecular weight excluding hydrogens is 310 g/mol. The van der Waals surface area contributed by atoms with Gasteiger partial charge in [0.05, 0.1) is 18.7 Å². The summed E-state index contributed by atoms with van der Waals surface area (Å²) < 4.78 is 56.0. The number of ether oxygens (including phenoxy) is 1. The van der Waals surface area contributed by atoms with Crippen LogP contribution in [0.3, 0.4) is 0 Å². The molecule has 0 fully saturated rings. The summed E-state index contributed by atoms with van der Waals surface area (Å²) in [6.07, 6.45) is -7.07. The molecule has 0 radical (unpaired) electrons. The van der Waals surface area contributed by atoms with E-state index < -0.39 is 42.5 Å². The lowest BCUT2D eigenvalue weighted by Crippen LogP contribution is -2.54. The molecule has 1 amide bonds. The van der Waals surface area contributed by atoms with E-state index in [2.05, 4.69) is 4.74 Å². The van der Waals surface area contributed by atoms with Crippen LogP contribution < -0.4 is 5.32 Å². The first kappa shape index (κ1) is 17.9. The van der Waals surface area contributed by atoms with Crippen LogP contribution in [0.5, 0.6) is 0 Å². The summed E-state index contributed by atoms with van der Waals surface area (Å²) in [4.78, 5) is 22.9. The van der Waals surface area contributed by atoms with Crippen molar-refractivity contribution in [2.24, 2.45) is 0 Å². The van der Waals surface area contributed by atoms with E-state index in [-0.39, 0.29) is 5.69 Å². The number of esters is 1. The zero-order valence-corrected chi connectivity index (χ0v) is 11.4. The van der Waals surface area contributed by atoms with Crippen LogP contribution in [0, 0.1) is 5.82 Å². The van der Waals surface area contributed by atoms with E-state index in [1.54, 1.807) is 0 Å². The Morgan fingerprint density at radius 3 is 2.36 bits per heavy atom. The van der Waals surface area contributed by atoms with Crippen molar-refractivity contribution in [2.45, 2.75) is 25.1 Å². The van der Waals surface area contributed by atoms with Crippen LogP contribution in [0.4, 0.5) is 23.2 Å². The van der Waals surface area contributed by atoms with Gasteiger partial charge in [0.1, 0.15) is 5.82 Å². The zero-order chi connectivity index (χ0) is 17.0. The highest BCUT2D eigenvalue weighted by molar-refractivity contribution is 5.96. The average Bonchev–Trinajstić information content (AvgIpc) is 2.40. The number of benzene rings is 1. The summed E-state index contributed by atoms with van der Waals surface area (Å²) >= 11 is 0. The second-order valence-electron chi connectivity index (χ2n) is 4.28. The van der Waals surface area contributed by atoms with Gasteiger partial charge in [0, 0.05) is 0 Å². The molecule has 0 aromatic heterocycles. The maximum Gasteiger partial charge on any atom is 0.428 e. The van der Waals surface area contributed by atoms with Gasteiger partial charge in [-0.2, -0.15) is 13.2 Å². The highest BCUT2D eigenvalue weighted by Gasteiger charge is 2.61. The number of rotatable bonds is 5. The minimum atomic E-state index is -5.42. The predicted molar refractivity (Wildman–Crippen MR) is 67.3 cm³/mol. The topological polar surface area (TPSA) is 75.6 Å². The third-order valence-electron chi connectivity index (χ3n) is 2.65. The van der Waals surface area contributed by atoms with Gasteiger partial charge in [0.15, 0.2) is 0 Å². The van der Waals surface area contributed by atoms with Gasteiger partial charge >= 0.3 is 12.1 Å². The van der Waals surface area contributed by atoms with Crippen molar-refractivity contribution in [2.75, 3.05) is 11.9 Å². The molecule has 0 saturated heterocycles. The Morgan fingerprint density at radius 2 is 1.86 bits per heavy atom. The van der Waals surface area contributed by atoms with Crippen molar-refractivity contribution in [3.05, 3.63) is 30.1 Å². The Morgan fingerprint density at radius 1 is 1.27 bits per heavy atom. The number of amides is 1. The molecule has 0 saturated carbocycles. The quantitative estimate of drug-likeness (QED) is 0.642. The number of para-hydroxylation sites is 1. The van der Waals surface area contributed by atoms with Crippen LogP contribution in [-0.4, -0.2) is 35.4 Å². The first-order valence-corrected chi connectivity index (χ1v) is 6.12. The second kappa shape index (κ2) is 6.73. The summed E-state index contributed by atoms with van der Waals surface area (Å²) in [5.74, 6) is -4.26. The molecule has 0 bridgehead atoms. The van der Waals surface area contributed by atoms with Gasteiger partial charge in [-0.3, -0.25) is 4.79 Å². The number of hydrogen-bond acceptors (Lipinski definition) is 4. The molecule has 1 unspecified atom stereocenters. The van der Waals surface area contributed by atoms with Gasteiger partial charge in [-0.1, -0.05) is 12.1 Å². The van der Waals surface area contributed by atoms with E-state index >= 15 is 0 Å². The predicted octanol–water partition coefficient (Wildman–Crippen LogP) is 2.01. The number of carbonyl (C=O) groups is 2. The lowest BCUT2D eigenvalue weighted by atomic mass is 9.98. The van der Waals surface area contributed by atoms with Gasteiger partial charge in [-0.05, 0) is 19.1 Å². The molecule has 1 aromatic carbocycles. The smallest absolute Gasteiger partial charge is 0.428 e. The molecule has 1 atom stereocenters. The van der Waals surface area contributed by atoms with Crippen LogP contribution in [0.15, 0.2) is 24.3 Å². The highest BCUT2D eigenvalue weighted by atomic mass is 19.4. The number of aliphatic hydroxyl groups is 1. The van der Waals surface area contributed by atoms with Gasteiger partial charge in [-0.25, -0.2) is 9.18 Å². The second-order valence-corrected chi connectivity index (χ2v) is 4.28. The fourth-order valence-corrected chi connectivity index (χ4v) is 1.53. The molecule has 2 N–H and O–H groups in total. The van der Waals surface area contributed by atoms with Crippen LogP contribution in [0.25, 0.3) is 0 Å². The standard InChI is InChI=1S/C13H13F4NO4/c1-2-22-11(20)12(21,13(15,16)17)7-10(19)18-9-6-4-3-5-8(9)14/h3-6,21H,2,7H2,1H3,(H,18,19). The SMILES string of the molecule is CCOC(=O)C(O)(CC(=O)Nc1ccccc1F)C(F)(F)F. The molecule has 0 aliphatic rings. The Labute approximate surface area is 122 Å². The molecule has 22 heavy (non-hydrogen) atoms. The van der Waals surface area contributed by atoms with Crippen molar-refractivity contribution in [1.82, 2.24) is 0 Å². The number of anilines is 1. The van der Waals surface area contributed by atoms with Crippen molar-refractivity contribution >= 4 is 17.6 Å². The zero-order valence-electron chi connectivity index (χ0n) is 11.4. The van der Waals surface area contributed by atoms with E-state index in [4.69, 9.17) is 0 Å². The fourth-order valence-electron chi connectivity index (χ4n) is 1.53. The average molecular weight is 323 g/mol. The highest BCUT2D eigenvalue weighted by Crippen LogP contribution is 2.34. The van der Waals surface area contributed by atoms with Crippen molar-refractivity contribution in [1.29, 1.82) is 0 Å². The van der Waals surface area contributed by atoms with E-state index in [1.165, 1.54) is 19.1 Å². The van der Waals surface area contributed by atoms with Crippen LogP contribution in [0.2, 0.25) is 0 Å². The molecule has 122 valence electrons. The van der Waals surface area contributed by atoms with E-state index in [0.717, 1.165) is 12.1 Å². The summed E-state index contributed by atoms with van der Waals surface area (Å²) in [6.45, 7) is 0.834. The molecule has 1 aromatic rings. The maximum absolute atomic E-state index is 13.3. The normalized spacial score (nSPS) is 14.1. The lowest BCUT2D eigenvalue weighted by Gasteiger charge is -2.27. The first-order valence-electron chi connectivity index (χ1n) is 6.12. The minimum absolute atomic E-state index is 0.374. The Bertz CT molecular complexity index is 561. The molecule has 0 aliphatic heterocycles. The summed E-state index contributed by atoms with van der Waals surface area (Å²) in [5.41, 5.74) is -4.38. The maximum atomic E-state index is 13.3. The van der Waals surface area contributed by atoms with Gasteiger partial charge in [-0.15, -0.1) is 0 Å². The van der Waals surface area contributed by atoms with Gasteiger partial charge in [0.25, 0.3) is 5.60 Å². The number of nitrogens with one attached hydrogen (secondary N) is 1. The number of carbonyl (C=O) groups excluding carboxylic acids is 2. The Balaban J connectivity index is 2.93. The third-order valence-corrected chi connectivity index (χ3v) is 2.65. The van der Waals surface area contributed by atoms with Crippen LogP contribution in [-0.2, 0) is 14.3 Å².